The molecule has 2 nitrogen and oxygen atoms in total. The summed E-state index contributed by atoms with van der Waals surface area (Å²) in [6.45, 7) is 0. The fourth-order valence-electron chi connectivity index (χ4n) is 5.76. The molecule has 0 N–H and O–H groups in total. The van der Waals surface area contributed by atoms with Crippen LogP contribution >= 0.6 is 0 Å². The van der Waals surface area contributed by atoms with Crippen molar-refractivity contribution in [3.63, 3.8) is 0 Å². The zero-order chi connectivity index (χ0) is 22.9. The minimum absolute atomic E-state index is 0. The second-order valence-electron chi connectivity index (χ2n) is 9.13. The van der Waals surface area contributed by atoms with Crippen LogP contribution in [0.15, 0.2) is 115 Å². The molecule has 1 aliphatic rings. The minimum Gasteiger partial charge on any atom is -0.327 e. The van der Waals surface area contributed by atoms with Crippen molar-refractivity contribution < 1.29 is 20.1 Å². The van der Waals surface area contributed by atoms with Crippen molar-refractivity contribution in [3.05, 3.63) is 121 Å². The Morgan fingerprint density at radius 3 is 1.97 bits per heavy atom. The van der Waals surface area contributed by atoms with E-state index in [0.717, 1.165) is 22.5 Å². The van der Waals surface area contributed by atoms with Crippen molar-refractivity contribution in [1.82, 2.24) is 9.55 Å². The summed E-state index contributed by atoms with van der Waals surface area (Å²) in [5.74, 6) is 0. The van der Waals surface area contributed by atoms with Gasteiger partial charge in [0.05, 0.1) is 16.6 Å². The van der Waals surface area contributed by atoms with Gasteiger partial charge in [0.2, 0.25) is 0 Å². The second kappa shape index (κ2) is 7.99. The Bertz CT molecular complexity index is 1910. The largest absolute Gasteiger partial charge is 0.327 e. The first kappa shape index (κ1) is 21.3. The number of nitrogens with zero attached hydrogens (tertiary/aromatic N) is 2. The fourth-order valence-corrected chi connectivity index (χ4v) is 5.76. The Kier molecular flexibility index (Phi) is 4.72. The van der Waals surface area contributed by atoms with Gasteiger partial charge in [-0.3, -0.25) is 4.98 Å². The molecule has 0 unspecified atom stereocenters. The number of hydrogen-bond acceptors (Lipinski definition) is 1. The summed E-state index contributed by atoms with van der Waals surface area (Å²) in [5.41, 5.74) is 11.6. The minimum atomic E-state index is 0. The molecule has 0 saturated heterocycles. The number of fused-ring (bicyclic) bond motifs is 6. The van der Waals surface area contributed by atoms with Gasteiger partial charge in [-0.25, -0.2) is 0 Å². The topological polar surface area (TPSA) is 17.8 Å². The van der Waals surface area contributed by atoms with Crippen molar-refractivity contribution in [3.8, 4) is 39.2 Å². The Morgan fingerprint density at radius 2 is 1.22 bits per heavy atom. The third-order valence-corrected chi connectivity index (χ3v) is 7.24. The third kappa shape index (κ3) is 2.91. The molecule has 171 valence electrons. The summed E-state index contributed by atoms with van der Waals surface area (Å²) in [6, 6.07) is 44.4. The van der Waals surface area contributed by atoms with Gasteiger partial charge in [-0.2, -0.15) is 0 Å². The smallest absolute Gasteiger partial charge is 0.0607 e. The molecule has 0 saturated carbocycles. The zero-order valence-corrected chi connectivity index (χ0v) is 21.6. The molecular weight excluding hydrogens is 617 g/mol. The van der Waals surface area contributed by atoms with E-state index in [2.05, 4.69) is 120 Å². The molecule has 1 radical (unpaired) electrons. The monoisotopic (exact) mass is 636 g/mol. The molecule has 8 rings (SSSR count). The molecule has 7 aromatic rings. The molecule has 1 aliphatic carbocycles. The van der Waals surface area contributed by atoms with Crippen molar-refractivity contribution in [2.45, 2.75) is 0 Å². The third-order valence-electron chi connectivity index (χ3n) is 7.24. The van der Waals surface area contributed by atoms with E-state index in [1.54, 1.807) is 0 Å². The van der Waals surface area contributed by atoms with Crippen molar-refractivity contribution in [2.75, 3.05) is 0 Å². The average Bonchev–Trinajstić information content (AvgIpc) is 3.43. The summed E-state index contributed by atoms with van der Waals surface area (Å²) < 4.78 is 2.34. The van der Waals surface area contributed by atoms with Crippen LogP contribution < -0.4 is 0 Å². The Balaban J connectivity index is 0.00000220. The molecule has 0 bridgehead atoms. The van der Waals surface area contributed by atoms with E-state index in [1.807, 2.05) is 6.07 Å². The van der Waals surface area contributed by atoms with E-state index < -0.39 is 0 Å². The quantitative estimate of drug-likeness (QED) is 0.174. The summed E-state index contributed by atoms with van der Waals surface area (Å²) in [6.07, 6.45) is 0. The van der Waals surface area contributed by atoms with Gasteiger partial charge in [-0.05, 0) is 51.8 Å². The van der Waals surface area contributed by atoms with Crippen molar-refractivity contribution in [2.24, 2.45) is 0 Å². The van der Waals surface area contributed by atoms with Crippen LogP contribution in [-0.4, -0.2) is 9.55 Å². The van der Waals surface area contributed by atoms with Crippen molar-refractivity contribution >= 4 is 32.7 Å². The van der Waals surface area contributed by atoms with Gasteiger partial charge in [-0.15, -0.1) is 29.8 Å². The SMILES string of the molecule is [Ir].[c-]1ccc(-n2c3ccccc3c3ccccc32)cc1-c1cc2c3c(cccc3n1)-c1ccccc1-2. The van der Waals surface area contributed by atoms with E-state index in [0.29, 0.717) is 0 Å². The van der Waals surface area contributed by atoms with Crippen LogP contribution in [0.5, 0.6) is 0 Å². The Labute approximate surface area is 222 Å². The van der Waals surface area contributed by atoms with Crippen LogP contribution in [-0.2, 0) is 20.1 Å². The van der Waals surface area contributed by atoms with E-state index in [4.69, 9.17) is 4.98 Å². The molecule has 36 heavy (non-hydrogen) atoms. The molecule has 3 heteroatoms. The van der Waals surface area contributed by atoms with Crippen LogP contribution in [0, 0.1) is 6.07 Å². The number of pyridine rings is 1. The molecular formula is C33H19IrN2-. The molecule has 0 spiro atoms. The molecule has 2 aromatic heterocycles. The number of para-hydroxylation sites is 2. The number of hydrogen-bond donors (Lipinski definition) is 0. The zero-order valence-electron chi connectivity index (χ0n) is 19.2. The van der Waals surface area contributed by atoms with Gasteiger partial charge < -0.3 is 4.57 Å². The molecule has 5 aromatic carbocycles. The Hall–Kier alpha value is -4.04. The fraction of sp³-hybridized carbons (Fsp3) is 0. The van der Waals surface area contributed by atoms with Gasteiger partial charge in [0, 0.05) is 36.3 Å². The molecule has 2 heterocycles. The van der Waals surface area contributed by atoms with Crippen molar-refractivity contribution in [1.29, 1.82) is 0 Å². The van der Waals surface area contributed by atoms with E-state index >= 15 is 0 Å². The van der Waals surface area contributed by atoms with E-state index in [1.165, 1.54) is 49.4 Å². The predicted molar refractivity (Wildman–Crippen MR) is 145 cm³/mol. The molecule has 0 amide bonds. The molecule has 0 aliphatic heterocycles. The Morgan fingerprint density at radius 1 is 0.583 bits per heavy atom. The van der Waals surface area contributed by atoms with E-state index in [-0.39, 0.29) is 20.1 Å². The van der Waals surface area contributed by atoms with Gasteiger partial charge in [-0.1, -0.05) is 78.9 Å². The van der Waals surface area contributed by atoms with Crippen LogP contribution in [0.4, 0.5) is 0 Å². The maximum atomic E-state index is 5.10. The predicted octanol–water partition coefficient (Wildman–Crippen LogP) is 8.44. The number of rotatable bonds is 2. The van der Waals surface area contributed by atoms with E-state index in [9.17, 15) is 0 Å². The van der Waals surface area contributed by atoms with Gasteiger partial charge >= 0.3 is 0 Å². The normalized spacial score (nSPS) is 11.7. The summed E-state index contributed by atoms with van der Waals surface area (Å²) in [5, 5.41) is 3.77. The standard InChI is InChI=1S/C33H19N2.Ir/c1-2-12-24-23(11-1)27-15-8-16-29-33(27)28(24)20-30(34-29)21-9-7-10-22(19-21)35-31-17-5-3-13-25(31)26-14-4-6-18-32(26)35;/h1-8,10-20H;/q-1;. The summed E-state index contributed by atoms with van der Waals surface area (Å²) >= 11 is 0. The van der Waals surface area contributed by atoms with Gasteiger partial charge in [0.15, 0.2) is 0 Å². The van der Waals surface area contributed by atoms with Crippen LogP contribution in [0.1, 0.15) is 0 Å². The summed E-state index contributed by atoms with van der Waals surface area (Å²) in [4.78, 5) is 5.10. The van der Waals surface area contributed by atoms with Crippen LogP contribution in [0.2, 0.25) is 0 Å². The first-order chi connectivity index (χ1) is 17.4. The summed E-state index contributed by atoms with van der Waals surface area (Å²) in [7, 11) is 0. The van der Waals surface area contributed by atoms with Gasteiger partial charge in [0.1, 0.15) is 0 Å². The maximum absolute atomic E-state index is 5.10. The van der Waals surface area contributed by atoms with Crippen LogP contribution in [0.3, 0.4) is 0 Å². The maximum Gasteiger partial charge on any atom is 0.0607 e. The van der Waals surface area contributed by atoms with Crippen LogP contribution in [0.25, 0.3) is 71.9 Å². The molecule has 0 atom stereocenters. The second-order valence-corrected chi connectivity index (χ2v) is 9.13. The molecule has 0 fully saturated rings. The number of benzene rings is 5. The number of aromatic nitrogens is 2. The van der Waals surface area contributed by atoms with Gasteiger partial charge in [0.25, 0.3) is 0 Å². The first-order valence-corrected chi connectivity index (χ1v) is 11.9. The average molecular weight is 636 g/mol. The first-order valence-electron chi connectivity index (χ1n) is 11.9.